The number of hydrogen-bond donors (Lipinski definition) is 0. The highest BCUT2D eigenvalue weighted by molar-refractivity contribution is 6.33. The summed E-state index contributed by atoms with van der Waals surface area (Å²) in [6, 6.07) is 13.0. The van der Waals surface area contributed by atoms with Crippen molar-refractivity contribution >= 4 is 23.4 Å². The van der Waals surface area contributed by atoms with Gasteiger partial charge in [0.2, 0.25) is 5.91 Å². The molecule has 1 aliphatic carbocycles. The van der Waals surface area contributed by atoms with Gasteiger partial charge in [0.05, 0.1) is 10.6 Å². The summed E-state index contributed by atoms with van der Waals surface area (Å²) in [4.78, 5) is 27.9. The summed E-state index contributed by atoms with van der Waals surface area (Å²) < 4.78 is 41.3. The van der Waals surface area contributed by atoms with E-state index in [9.17, 15) is 22.8 Å². The molecule has 1 saturated heterocycles. The minimum absolute atomic E-state index is 0.00111. The minimum Gasteiger partial charge on any atom is -0.345 e. The van der Waals surface area contributed by atoms with Gasteiger partial charge in [0.1, 0.15) is 0 Å². The molecule has 2 aromatic carbocycles. The van der Waals surface area contributed by atoms with Gasteiger partial charge in [-0.3, -0.25) is 9.59 Å². The van der Waals surface area contributed by atoms with Crippen molar-refractivity contribution in [3.05, 3.63) is 70.2 Å². The van der Waals surface area contributed by atoms with Crippen LogP contribution >= 0.6 is 11.6 Å². The van der Waals surface area contributed by atoms with Gasteiger partial charge in [0.25, 0.3) is 5.91 Å². The van der Waals surface area contributed by atoms with Crippen LogP contribution in [0.5, 0.6) is 0 Å². The fourth-order valence-electron chi connectivity index (χ4n) is 5.61. The van der Waals surface area contributed by atoms with E-state index in [4.69, 9.17) is 11.6 Å². The van der Waals surface area contributed by atoms with Crippen molar-refractivity contribution in [2.24, 2.45) is 11.3 Å². The number of carbonyl (C=O) groups excluding carboxylic acids is 2. The summed E-state index contributed by atoms with van der Waals surface area (Å²) in [5, 5.41) is 0.457. The summed E-state index contributed by atoms with van der Waals surface area (Å²) in [5.41, 5.74) is 1.74. The Labute approximate surface area is 215 Å². The van der Waals surface area contributed by atoms with E-state index in [1.165, 1.54) is 34.1 Å². The highest BCUT2D eigenvalue weighted by Gasteiger charge is 2.55. The number of amides is 2. The molecule has 0 bridgehead atoms. The first-order chi connectivity index (χ1) is 17.0. The predicted molar refractivity (Wildman–Crippen MR) is 134 cm³/mol. The Kier molecular flexibility index (Phi) is 7.69. The van der Waals surface area contributed by atoms with Crippen LogP contribution in [-0.4, -0.2) is 55.0 Å². The number of aryl methyl sites for hydroxylation is 1. The lowest BCUT2D eigenvalue weighted by Gasteiger charge is -2.35. The van der Waals surface area contributed by atoms with Crippen LogP contribution in [0.25, 0.3) is 0 Å². The minimum atomic E-state index is -4.61. The van der Waals surface area contributed by atoms with Gasteiger partial charge in [-0.05, 0) is 73.1 Å². The van der Waals surface area contributed by atoms with E-state index in [1.54, 1.807) is 26.2 Å². The smallest absolute Gasteiger partial charge is 0.345 e. The molecule has 2 aromatic rings. The fraction of sp³-hybridized carbons (Fsp3) is 0.500. The van der Waals surface area contributed by atoms with E-state index < -0.39 is 18.0 Å². The number of likely N-dealkylation sites (tertiary alicyclic amines) is 1. The van der Waals surface area contributed by atoms with Crippen LogP contribution in [0, 0.1) is 11.3 Å². The molecule has 8 heteroatoms. The Hall–Kier alpha value is -2.54. The topological polar surface area (TPSA) is 40.6 Å². The molecule has 2 amide bonds. The number of hydrogen-bond acceptors (Lipinski definition) is 2. The third-order valence-electron chi connectivity index (χ3n) is 7.83. The van der Waals surface area contributed by atoms with Gasteiger partial charge in [-0.25, -0.2) is 0 Å². The Morgan fingerprint density at radius 1 is 1.11 bits per heavy atom. The van der Waals surface area contributed by atoms with E-state index in [2.05, 4.69) is 0 Å². The number of halogens is 4. The van der Waals surface area contributed by atoms with Gasteiger partial charge in [0.15, 0.2) is 5.92 Å². The summed E-state index contributed by atoms with van der Waals surface area (Å²) in [6.45, 7) is 0.761. The molecule has 1 saturated carbocycles. The van der Waals surface area contributed by atoms with Crippen LogP contribution in [-0.2, 0) is 11.2 Å². The van der Waals surface area contributed by atoms with Crippen LogP contribution in [0.4, 0.5) is 13.2 Å². The number of benzene rings is 2. The SMILES string of the molecule is CN(C)C(=O)c1ccc(CCC[C@H]2CC23CCN(C(=O)[C@H](c2ccccc2)C(F)(F)F)CC3)cc1Cl. The van der Waals surface area contributed by atoms with Gasteiger partial charge < -0.3 is 9.80 Å². The third kappa shape index (κ3) is 5.72. The van der Waals surface area contributed by atoms with Crippen LogP contribution < -0.4 is 0 Å². The second-order valence-corrected chi connectivity index (χ2v) is 10.8. The summed E-state index contributed by atoms with van der Waals surface area (Å²) in [6.07, 6.45) is 0.864. The Balaban J connectivity index is 1.27. The normalized spacial score (nSPS) is 19.7. The first-order valence-electron chi connectivity index (χ1n) is 12.4. The molecule has 4 rings (SSSR count). The van der Waals surface area contributed by atoms with Crippen LogP contribution in [0.15, 0.2) is 48.5 Å². The van der Waals surface area contributed by atoms with E-state index in [-0.39, 0.29) is 16.9 Å². The number of nitrogens with zero attached hydrogens (tertiary/aromatic N) is 2. The van der Waals surface area contributed by atoms with Gasteiger partial charge in [-0.2, -0.15) is 13.2 Å². The number of alkyl halides is 3. The largest absolute Gasteiger partial charge is 0.404 e. The molecule has 0 aromatic heterocycles. The Bertz CT molecular complexity index is 1100. The lowest BCUT2D eigenvalue weighted by molar-refractivity contribution is -0.173. The van der Waals surface area contributed by atoms with Gasteiger partial charge in [0, 0.05) is 27.2 Å². The van der Waals surface area contributed by atoms with Gasteiger partial charge in [-0.1, -0.05) is 48.0 Å². The molecule has 2 fully saturated rings. The molecule has 0 N–H and O–H groups in total. The van der Waals surface area contributed by atoms with E-state index in [0.29, 0.717) is 29.6 Å². The molecule has 2 aliphatic rings. The summed E-state index contributed by atoms with van der Waals surface area (Å²) in [7, 11) is 3.38. The molecular formula is C28H32ClF3N2O2. The standard InChI is InChI=1S/C28H32ClF3N2O2/c1-33(2)25(35)22-12-11-19(17-23(22)29)7-6-10-21-18-27(21)13-15-34(16-14-27)26(36)24(28(30,31)32)20-8-4-3-5-9-20/h3-5,8-9,11-12,17,21,24H,6-7,10,13-16,18H2,1-2H3/t21-,24-/m0/s1. The van der Waals surface area contributed by atoms with Crippen LogP contribution in [0.1, 0.15) is 59.5 Å². The monoisotopic (exact) mass is 520 g/mol. The molecule has 0 radical (unpaired) electrons. The Morgan fingerprint density at radius 3 is 2.36 bits per heavy atom. The second kappa shape index (κ2) is 10.4. The number of piperidine rings is 1. The van der Waals surface area contributed by atoms with Crippen LogP contribution in [0.3, 0.4) is 0 Å². The zero-order valence-electron chi connectivity index (χ0n) is 20.7. The van der Waals surface area contributed by atoms with E-state index >= 15 is 0 Å². The van der Waals surface area contributed by atoms with Crippen molar-refractivity contribution in [3.8, 4) is 0 Å². The highest BCUT2D eigenvalue weighted by atomic mass is 35.5. The lowest BCUT2D eigenvalue weighted by Crippen LogP contribution is -2.45. The number of rotatable bonds is 7. The van der Waals surface area contributed by atoms with Gasteiger partial charge in [-0.15, -0.1) is 0 Å². The maximum atomic E-state index is 13.8. The molecule has 2 atom stereocenters. The molecule has 1 aliphatic heterocycles. The van der Waals surface area contributed by atoms with Gasteiger partial charge >= 0.3 is 6.18 Å². The third-order valence-corrected chi connectivity index (χ3v) is 8.14. The zero-order chi connectivity index (χ0) is 26.1. The van der Waals surface area contributed by atoms with Crippen molar-refractivity contribution in [2.75, 3.05) is 27.2 Å². The molecule has 36 heavy (non-hydrogen) atoms. The average molecular weight is 521 g/mol. The molecule has 1 spiro atoms. The predicted octanol–water partition coefficient (Wildman–Crippen LogP) is 6.34. The second-order valence-electron chi connectivity index (χ2n) is 10.4. The maximum absolute atomic E-state index is 13.8. The number of carbonyl (C=O) groups is 2. The lowest BCUT2D eigenvalue weighted by atomic mass is 9.88. The summed E-state index contributed by atoms with van der Waals surface area (Å²) >= 11 is 6.32. The van der Waals surface area contributed by atoms with E-state index in [0.717, 1.165) is 44.1 Å². The van der Waals surface area contributed by atoms with Crippen molar-refractivity contribution in [1.29, 1.82) is 0 Å². The van der Waals surface area contributed by atoms with Crippen LogP contribution in [0.2, 0.25) is 5.02 Å². The summed E-state index contributed by atoms with van der Waals surface area (Å²) in [5.74, 6) is -2.52. The zero-order valence-corrected chi connectivity index (χ0v) is 21.4. The molecule has 194 valence electrons. The Morgan fingerprint density at radius 2 is 1.78 bits per heavy atom. The van der Waals surface area contributed by atoms with Crippen molar-refractivity contribution < 1.29 is 22.8 Å². The molecule has 4 nitrogen and oxygen atoms in total. The molecular weight excluding hydrogens is 489 g/mol. The molecule has 1 heterocycles. The van der Waals surface area contributed by atoms with Crippen molar-refractivity contribution in [3.63, 3.8) is 0 Å². The fourth-order valence-corrected chi connectivity index (χ4v) is 5.89. The highest BCUT2D eigenvalue weighted by Crippen LogP contribution is 2.61. The average Bonchev–Trinajstić information content (AvgIpc) is 3.50. The maximum Gasteiger partial charge on any atom is 0.404 e. The molecule has 0 unspecified atom stereocenters. The van der Waals surface area contributed by atoms with E-state index in [1.807, 2.05) is 12.1 Å². The first-order valence-corrected chi connectivity index (χ1v) is 12.8. The first kappa shape index (κ1) is 26.5. The van der Waals surface area contributed by atoms with Crippen molar-refractivity contribution in [1.82, 2.24) is 9.80 Å². The van der Waals surface area contributed by atoms with Crippen molar-refractivity contribution in [2.45, 2.75) is 50.6 Å². The quantitative estimate of drug-likeness (QED) is 0.427.